The Kier molecular flexibility index (Phi) is 4.97. The molecule has 6 nitrogen and oxygen atoms in total. The number of benzene rings is 2. The lowest BCUT2D eigenvalue weighted by Gasteiger charge is -2.33. The normalized spacial score (nSPS) is 15.0. The first-order valence-corrected chi connectivity index (χ1v) is 11.4. The number of amides is 1. The minimum Gasteiger partial charge on any atom is -0.321 e. The number of carbonyl (C=O) groups is 1. The van der Waals surface area contributed by atoms with E-state index in [1.165, 1.54) is 17.4 Å². The van der Waals surface area contributed by atoms with E-state index in [4.69, 9.17) is 0 Å². The number of hydrogen-bond donors (Lipinski definition) is 1. The molecule has 0 atom stereocenters. The van der Waals surface area contributed by atoms with E-state index in [1.54, 1.807) is 24.3 Å². The van der Waals surface area contributed by atoms with Gasteiger partial charge in [-0.05, 0) is 41.8 Å². The minimum atomic E-state index is -3.89. The van der Waals surface area contributed by atoms with E-state index < -0.39 is 10.0 Å². The van der Waals surface area contributed by atoms with Gasteiger partial charge in [0.1, 0.15) is 10.7 Å². The van der Waals surface area contributed by atoms with Crippen molar-refractivity contribution in [3.8, 4) is 0 Å². The maximum absolute atomic E-state index is 12.9. The van der Waals surface area contributed by atoms with Crippen molar-refractivity contribution in [1.29, 1.82) is 0 Å². The maximum Gasteiger partial charge on any atom is 0.286 e. The molecule has 1 aliphatic rings. The van der Waals surface area contributed by atoms with Crippen molar-refractivity contribution >= 4 is 50.2 Å². The smallest absolute Gasteiger partial charge is 0.286 e. The Morgan fingerprint density at radius 2 is 1.83 bits per heavy atom. The van der Waals surface area contributed by atoms with Crippen LogP contribution in [0.25, 0.3) is 0 Å². The number of fused-ring (bicyclic) bond motifs is 1. The molecule has 3 aromatic rings. The highest BCUT2D eigenvalue weighted by atomic mass is 32.2. The standard InChI is InChI=1S/C21H19N3O3S2/c1-14(2)20-23-29(26,27)19-13-15(22-21(25)18-9-6-12-28-18)10-11-17(19)24(20)16-7-4-3-5-8-16/h3-14H,1-2H3,(H,22,25). The number of nitrogens with one attached hydrogen (secondary N) is 1. The third-order valence-electron chi connectivity index (χ3n) is 4.46. The van der Waals surface area contributed by atoms with Crippen molar-refractivity contribution in [1.82, 2.24) is 0 Å². The largest absolute Gasteiger partial charge is 0.321 e. The highest BCUT2D eigenvalue weighted by molar-refractivity contribution is 7.90. The lowest BCUT2D eigenvalue weighted by Crippen LogP contribution is -2.35. The molecular formula is C21H19N3O3S2. The summed E-state index contributed by atoms with van der Waals surface area (Å²) in [5.41, 5.74) is 1.75. The van der Waals surface area contributed by atoms with Gasteiger partial charge < -0.3 is 5.32 Å². The molecule has 148 valence electrons. The first-order chi connectivity index (χ1) is 13.9. The number of nitrogens with zero attached hydrogens (tertiary/aromatic N) is 2. The Hall–Kier alpha value is -2.97. The topological polar surface area (TPSA) is 78.8 Å². The zero-order chi connectivity index (χ0) is 20.6. The van der Waals surface area contributed by atoms with Crippen molar-refractivity contribution in [3.63, 3.8) is 0 Å². The van der Waals surface area contributed by atoms with Gasteiger partial charge in [0.25, 0.3) is 15.9 Å². The van der Waals surface area contributed by atoms with Crippen molar-refractivity contribution in [2.24, 2.45) is 10.3 Å². The zero-order valence-electron chi connectivity index (χ0n) is 15.9. The average molecular weight is 426 g/mol. The zero-order valence-corrected chi connectivity index (χ0v) is 17.5. The van der Waals surface area contributed by atoms with Crippen molar-refractivity contribution in [3.05, 3.63) is 70.9 Å². The Morgan fingerprint density at radius 1 is 1.07 bits per heavy atom. The summed E-state index contributed by atoms with van der Waals surface area (Å²) < 4.78 is 29.9. The fourth-order valence-electron chi connectivity index (χ4n) is 3.13. The van der Waals surface area contributed by atoms with E-state index in [-0.39, 0.29) is 16.7 Å². The van der Waals surface area contributed by atoms with Crippen molar-refractivity contribution in [2.75, 3.05) is 10.2 Å². The molecule has 0 bridgehead atoms. The second-order valence-electron chi connectivity index (χ2n) is 6.86. The molecule has 29 heavy (non-hydrogen) atoms. The van der Waals surface area contributed by atoms with Crippen LogP contribution in [0.15, 0.2) is 75.3 Å². The first-order valence-electron chi connectivity index (χ1n) is 9.06. The summed E-state index contributed by atoms with van der Waals surface area (Å²) in [7, 11) is -3.89. The number of carbonyl (C=O) groups excluding carboxylic acids is 1. The molecule has 2 aromatic carbocycles. The van der Waals surface area contributed by atoms with Gasteiger partial charge in [0.2, 0.25) is 0 Å². The number of hydrogen-bond acceptors (Lipinski definition) is 5. The van der Waals surface area contributed by atoms with Gasteiger partial charge >= 0.3 is 0 Å². The highest BCUT2D eigenvalue weighted by Gasteiger charge is 2.33. The lowest BCUT2D eigenvalue weighted by molar-refractivity contribution is 0.103. The van der Waals surface area contributed by atoms with Gasteiger partial charge in [-0.15, -0.1) is 15.7 Å². The quantitative estimate of drug-likeness (QED) is 0.645. The molecular weight excluding hydrogens is 406 g/mol. The van der Waals surface area contributed by atoms with Crippen LogP contribution >= 0.6 is 11.3 Å². The SMILES string of the molecule is CC(C)C1=NS(=O)(=O)c2cc(NC(=O)c3cccs3)ccc2N1c1ccccc1. The van der Waals surface area contributed by atoms with Crippen LogP contribution in [-0.2, 0) is 10.0 Å². The number of sulfonamides is 1. The Balaban J connectivity index is 1.80. The van der Waals surface area contributed by atoms with Crippen LogP contribution in [0.2, 0.25) is 0 Å². The number of rotatable bonds is 4. The summed E-state index contributed by atoms with van der Waals surface area (Å²) in [4.78, 5) is 14.8. The van der Waals surface area contributed by atoms with E-state index >= 15 is 0 Å². The molecule has 1 aliphatic heterocycles. The Morgan fingerprint density at radius 3 is 2.48 bits per heavy atom. The molecule has 1 aromatic heterocycles. The molecule has 0 saturated heterocycles. The van der Waals surface area contributed by atoms with Gasteiger partial charge in [0, 0.05) is 17.3 Å². The Bertz CT molecular complexity index is 1190. The van der Waals surface area contributed by atoms with Gasteiger partial charge in [-0.25, -0.2) is 0 Å². The molecule has 0 radical (unpaired) electrons. The molecule has 0 spiro atoms. The Labute approximate surface area is 173 Å². The van der Waals surface area contributed by atoms with E-state index in [1.807, 2.05) is 54.5 Å². The monoisotopic (exact) mass is 425 g/mol. The van der Waals surface area contributed by atoms with E-state index in [0.717, 1.165) is 5.69 Å². The first kappa shape index (κ1) is 19.4. The van der Waals surface area contributed by atoms with Crippen LogP contribution in [0.1, 0.15) is 23.5 Å². The summed E-state index contributed by atoms with van der Waals surface area (Å²) in [5, 5.41) is 4.57. The summed E-state index contributed by atoms with van der Waals surface area (Å²) in [6.45, 7) is 3.82. The average Bonchev–Trinajstić information content (AvgIpc) is 3.23. The fourth-order valence-corrected chi connectivity index (χ4v) is 5.09. The van der Waals surface area contributed by atoms with E-state index in [9.17, 15) is 13.2 Å². The molecule has 0 saturated carbocycles. The highest BCUT2D eigenvalue weighted by Crippen LogP contribution is 2.39. The summed E-state index contributed by atoms with van der Waals surface area (Å²) in [5.74, 6) is 0.0786. The summed E-state index contributed by atoms with van der Waals surface area (Å²) in [6.07, 6.45) is 0. The molecule has 1 N–H and O–H groups in total. The third-order valence-corrected chi connectivity index (χ3v) is 6.63. The summed E-state index contributed by atoms with van der Waals surface area (Å²) in [6, 6.07) is 17.9. The molecule has 4 rings (SSSR count). The van der Waals surface area contributed by atoms with Crippen LogP contribution in [-0.4, -0.2) is 20.2 Å². The van der Waals surface area contributed by atoms with Gasteiger partial charge in [-0.1, -0.05) is 38.1 Å². The number of para-hydroxylation sites is 1. The maximum atomic E-state index is 12.9. The van der Waals surface area contributed by atoms with E-state index in [2.05, 4.69) is 9.71 Å². The van der Waals surface area contributed by atoms with Crippen LogP contribution in [0.5, 0.6) is 0 Å². The third kappa shape index (κ3) is 3.68. The van der Waals surface area contributed by atoms with Gasteiger partial charge in [0.05, 0.1) is 10.6 Å². The van der Waals surface area contributed by atoms with Crippen LogP contribution in [0.4, 0.5) is 17.1 Å². The molecule has 1 amide bonds. The number of amidine groups is 1. The second kappa shape index (κ2) is 7.46. The van der Waals surface area contributed by atoms with Gasteiger partial charge in [-0.2, -0.15) is 8.42 Å². The number of anilines is 3. The second-order valence-corrected chi connectivity index (χ2v) is 9.38. The number of thiophene rings is 1. The summed E-state index contributed by atoms with van der Waals surface area (Å²) >= 11 is 1.32. The fraction of sp³-hybridized carbons (Fsp3) is 0.143. The molecule has 0 unspecified atom stereocenters. The van der Waals surface area contributed by atoms with Crippen LogP contribution in [0.3, 0.4) is 0 Å². The lowest BCUT2D eigenvalue weighted by atomic mass is 10.1. The predicted molar refractivity (Wildman–Crippen MR) is 117 cm³/mol. The molecule has 2 heterocycles. The predicted octanol–water partition coefficient (Wildman–Crippen LogP) is 4.90. The van der Waals surface area contributed by atoms with Crippen LogP contribution in [0, 0.1) is 5.92 Å². The van der Waals surface area contributed by atoms with Gasteiger partial charge in [0.15, 0.2) is 0 Å². The van der Waals surface area contributed by atoms with Crippen molar-refractivity contribution < 1.29 is 13.2 Å². The molecule has 8 heteroatoms. The molecule has 0 fully saturated rings. The van der Waals surface area contributed by atoms with Gasteiger partial charge in [-0.3, -0.25) is 9.69 Å². The van der Waals surface area contributed by atoms with Crippen molar-refractivity contribution in [2.45, 2.75) is 18.7 Å². The van der Waals surface area contributed by atoms with E-state index in [0.29, 0.717) is 22.1 Å². The molecule has 0 aliphatic carbocycles. The van der Waals surface area contributed by atoms with Crippen LogP contribution < -0.4 is 10.2 Å². The minimum absolute atomic E-state index is 0.0646.